The highest BCUT2D eigenvalue weighted by molar-refractivity contribution is 5.94. The third kappa shape index (κ3) is 3.99. The van der Waals surface area contributed by atoms with Crippen LogP contribution in [-0.4, -0.2) is 22.2 Å². The number of amides is 1. The van der Waals surface area contributed by atoms with Crippen LogP contribution in [0.2, 0.25) is 0 Å². The molecule has 26 heavy (non-hydrogen) atoms. The summed E-state index contributed by atoms with van der Waals surface area (Å²) in [5.41, 5.74) is 3.76. The van der Waals surface area contributed by atoms with Gasteiger partial charge < -0.3 is 5.32 Å². The molecule has 1 N–H and O–H groups in total. The Morgan fingerprint density at radius 3 is 2.62 bits per heavy atom. The number of aromatic nitrogens is 2. The Bertz CT molecular complexity index is 900. The molecule has 4 nitrogen and oxygen atoms in total. The molecule has 3 rings (SSSR count). The molecule has 2 aromatic carbocycles. The van der Waals surface area contributed by atoms with Gasteiger partial charge in [0, 0.05) is 12.1 Å². The zero-order chi connectivity index (χ0) is 18.5. The second-order valence-corrected chi connectivity index (χ2v) is 6.28. The summed E-state index contributed by atoms with van der Waals surface area (Å²) in [6.07, 6.45) is 1.94. The lowest BCUT2D eigenvalue weighted by molar-refractivity contribution is 0.0945. The summed E-state index contributed by atoms with van der Waals surface area (Å²) in [5.74, 6) is -0.467. The standard InChI is InChI=1S/C21H22FN3O/c1-3-4-12-23-21(26)20-14-19(16-8-10-17(22)11-9-16)24-25(20)18-7-5-6-15(2)13-18/h5-11,13-14H,3-4,12H2,1-2H3,(H,23,26). The minimum absolute atomic E-state index is 0.166. The van der Waals surface area contributed by atoms with E-state index < -0.39 is 0 Å². The first-order valence-electron chi connectivity index (χ1n) is 8.79. The molecule has 0 saturated heterocycles. The van der Waals surface area contributed by atoms with Gasteiger partial charge in [0.1, 0.15) is 11.5 Å². The van der Waals surface area contributed by atoms with Crippen molar-refractivity contribution in [2.75, 3.05) is 6.54 Å². The predicted molar refractivity (Wildman–Crippen MR) is 101 cm³/mol. The maximum Gasteiger partial charge on any atom is 0.270 e. The summed E-state index contributed by atoms with van der Waals surface area (Å²) in [7, 11) is 0. The van der Waals surface area contributed by atoms with Gasteiger partial charge in [-0.15, -0.1) is 0 Å². The molecule has 5 heteroatoms. The fourth-order valence-corrected chi connectivity index (χ4v) is 2.73. The zero-order valence-corrected chi connectivity index (χ0v) is 15.0. The normalized spacial score (nSPS) is 10.7. The number of unbranched alkanes of at least 4 members (excludes halogenated alkanes) is 1. The van der Waals surface area contributed by atoms with Gasteiger partial charge in [-0.2, -0.15) is 5.10 Å². The van der Waals surface area contributed by atoms with Crippen LogP contribution in [0.5, 0.6) is 0 Å². The smallest absolute Gasteiger partial charge is 0.270 e. The van der Waals surface area contributed by atoms with Gasteiger partial charge in [-0.3, -0.25) is 4.79 Å². The number of nitrogens with one attached hydrogen (secondary N) is 1. The molecule has 0 spiro atoms. The van der Waals surface area contributed by atoms with E-state index in [4.69, 9.17) is 0 Å². The van der Waals surface area contributed by atoms with Crippen LogP contribution in [0.3, 0.4) is 0 Å². The van der Waals surface area contributed by atoms with Crippen molar-refractivity contribution in [1.29, 1.82) is 0 Å². The molecule has 0 saturated carbocycles. The van der Waals surface area contributed by atoms with Crippen molar-refractivity contribution in [2.24, 2.45) is 0 Å². The third-order valence-corrected chi connectivity index (χ3v) is 4.14. The Morgan fingerprint density at radius 2 is 1.92 bits per heavy atom. The SMILES string of the molecule is CCCCNC(=O)c1cc(-c2ccc(F)cc2)nn1-c1cccc(C)c1. The molecule has 0 fully saturated rings. The van der Waals surface area contributed by atoms with Crippen molar-refractivity contribution in [3.63, 3.8) is 0 Å². The van der Waals surface area contributed by atoms with Crippen molar-refractivity contribution < 1.29 is 9.18 Å². The van der Waals surface area contributed by atoms with Gasteiger partial charge >= 0.3 is 0 Å². The summed E-state index contributed by atoms with van der Waals surface area (Å²) >= 11 is 0. The lowest BCUT2D eigenvalue weighted by atomic mass is 10.1. The fraction of sp³-hybridized carbons (Fsp3) is 0.238. The fourth-order valence-electron chi connectivity index (χ4n) is 2.73. The Kier molecular flexibility index (Phi) is 5.46. The molecule has 0 aliphatic rings. The van der Waals surface area contributed by atoms with Gasteiger partial charge in [0.2, 0.25) is 0 Å². The van der Waals surface area contributed by atoms with Gasteiger partial charge in [-0.25, -0.2) is 9.07 Å². The largest absolute Gasteiger partial charge is 0.351 e. The van der Waals surface area contributed by atoms with Gasteiger partial charge in [-0.05, 0) is 61.4 Å². The molecule has 0 atom stereocenters. The summed E-state index contributed by atoms with van der Waals surface area (Å²) in [4.78, 5) is 12.7. The van der Waals surface area contributed by atoms with E-state index in [0.29, 0.717) is 17.9 Å². The van der Waals surface area contributed by atoms with Crippen LogP contribution in [0.4, 0.5) is 4.39 Å². The Morgan fingerprint density at radius 1 is 1.15 bits per heavy atom. The van der Waals surface area contributed by atoms with E-state index in [2.05, 4.69) is 17.3 Å². The van der Waals surface area contributed by atoms with Crippen LogP contribution in [0.15, 0.2) is 54.6 Å². The number of rotatable bonds is 6. The molecule has 1 heterocycles. The molecule has 0 aliphatic carbocycles. The summed E-state index contributed by atoms with van der Waals surface area (Å²) < 4.78 is 14.9. The van der Waals surface area contributed by atoms with E-state index in [1.54, 1.807) is 22.9 Å². The minimum atomic E-state index is -0.301. The topological polar surface area (TPSA) is 46.9 Å². The number of hydrogen-bond acceptors (Lipinski definition) is 2. The molecule has 0 unspecified atom stereocenters. The van der Waals surface area contributed by atoms with Crippen LogP contribution in [-0.2, 0) is 0 Å². The van der Waals surface area contributed by atoms with E-state index in [1.807, 2.05) is 31.2 Å². The van der Waals surface area contributed by atoms with Gasteiger partial charge in [0.25, 0.3) is 5.91 Å². The van der Waals surface area contributed by atoms with Crippen molar-refractivity contribution in [1.82, 2.24) is 15.1 Å². The van der Waals surface area contributed by atoms with E-state index in [9.17, 15) is 9.18 Å². The van der Waals surface area contributed by atoms with Crippen molar-refractivity contribution in [3.8, 4) is 16.9 Å². The van der Waals surface area contributed by atoms with Crippen molar-refractivity contribution >= 4 is 5.91 Å². The van der Waals surface area contributed by atoms with Crippen LogP contribution >= 0.6 is 0 Å². The van der Waals surface area contributed by atoms with Crippen molar-refractivity contribution in [2.45, 2.75) is 26.7 Å². The molecule has 134 valence electrons. The van der Waals surface area contributed by atoms with Crippen LogP contribution in [0.25, 0.3) is 16.9 Å². The molecule has 1 amide bonds. The molecule has 0 aliphatic heterocycles. The highest BCUT2D eigenvalue weighted by atomic mass is 19.1. The molecule has 0 bridgehead atoms. The van der Waals surface area contributed by atoms with Crippen LogP contribution in [0.1, 0.15) is 35.8 Å². The first kappa shape index (κ1) is 17.9. The average molecular weight is 351 g/mol. The number of halogens is 1. The second-order valence-electron chi connectivity index (χ2n) is 6.28. The summed E-state index contributed by atoms with van der Waals surface area (Å²) in [6.45, 7) is 4.70. The van der Waals surface area contributed by atoms with Crippen molar-refractivity contribution in [3.05, 3.63) is 71.7 Å². The Hall–Kier alpha value is -2.95. The predicted octanol–water partition coefficient (Wildman–Crippen LogP) is 4.52. The van der Waals surface area contributed by atoms with Gasteiger partial charge in [-0.1, -0.05) is 25.5 Å². The lowest BCUT2D eigenvalue weighted by Crippen LogP contribution is -2.26. The number of aryl methyl sites for hydroxylation is 1. The summed E-state index contributed by atoms with van der Waals surface area (Å²) in [6, 6.07) is 15.7. The van der Waals surface area contributed by atoms with E-state index in [1.165, 1.54) is 12.1 Å². The number of carbonyl (C=O) groups is 1. The Balaban J connectivity index is 2.02. The van der Waals surface area contributed by atoms with Crippen LogP contribution in [0, 0.1) is 12.7 Å². The van der Waals surface area contributed by atoms with E-state index in [-0.39, 0.29) is 11.7 Å². The molecular weight excluding hydrogens is 329 g/mol. The molecule has 1 aromatic heterocycles. The quantitative estimate of drug-likeness (QED) is 0.664. The number of nitrogens with zero attached hydrogens (tertiary/aromatic N) is 2. The highest BCUT2D eigenvalue weighted by Gasteiger charge is 2.17. The van der Waals surface area contributed by atoms with Crippen LogP contribution < -0.4 is 5.32 Å². The van der Waals surface area contributed by atoms with Gasteiger partial charge in [0.15, 0.2) is 0 Å². The average Bonchev–Trinajstić information content (AvgIpc) is 3.08. The highest BCUT2D eigenvalue weighted by Crippen LogP contribution is 2.22. The lowest BCUT2D eigenvalue weighted by Gasteiger charge is -2.08. The number of hydrogen-bond donors (Lipinski definition) is 1. The molecule has 3 aromatic rings. The van der Waals surface area contributed by atoms with E-state index in [0.717, 1.165) is 29.7 Å². The number of carbonyl (C=O) groups excluding carboxylic acids is 1. The van der Waals surface area contributed by atoms with Gasteiger partial charge in [0.05, 0.1) is 11.4 Å². The summed E-state index contributed by atoms with van der Waals surface area (Å²) in [5, 5.41) is 7.54. The number of benzene rings is 2. The maximum atomic E-state index is 13.2. The minimum Gasteiger partial charge on any atom is -0.351 e. The first-order chi connectivity index (χ1) is 12.6. The first-order valence-corrected chi connectivity index (χ1v) is 8.79. The third-order valence-electron chi connectivity index (χ3n) is 4.14. The monoisotopic (exact) mass is 351 g/mol. The van der Waals surface area contributed by atoms with E-state index >= 15 is 0 Å². The zero-order valence-electron chi connectivity index (χ0n) is 15.0. The maximum absolute atomic E-state index is 13.2. The molecular formula is C21H22FN3O. The molecule has 0 radical (unpaired) electrons. The second kappa shape index (κ2) is 7.95. The Labute approximate surface area is 152 Å².